The summed E-state index contributed by atoms with van der Waals surface area (Å²) in [4.78, 5) is 0. The molecule has 1 aromatic rings. The van der Waals surface area contributed by atoms with Gasteiger partial charge in [0.25, 0.3) is 0 Å². The highest BCUT2D eigenvalue weighted by Crippen LogP contribution is 2.35. The van der Waals surface area contributed by atoms with E-state index in [2.05, 4.69) is 13.0 Å². The first-order valence-electron chi connectivity index (χ1n) is 6.18. The zero-order valence-electron chi connectivity index (χ0n) is 10.5. The van der Waals surface area contributed by atoms with E-state index in [1.54, 1.807) is 0 Å². The number of aryl methyl sites for hydroxylation is 1. The number of nitriles is 1. The Bertz CT molecular complexity index is 569. The summed E-state index contributed by atoms with van der Waals surface area (Å²) in [5, 5.41) is 9.30. The molecule has 1 aliphatic rings. The van der Waals surface area contributed by atoms with Gasteiger partial charge in [-0.05, 0) is 30.4 Å². The van der Waals surface area contributed by atoms with Crippen LogP contribution in [0.25, 0.3) is 0 Å². The summed E-state index contributed by atoms with van der Waals surface area (Å²) in [5.41, 5.74) is 1.58. The monoisotopic (exact) mass is 263 g/mol. The van der Waals surface area contributed by atoms with Crippen molar-refractivity contribution in [2.75, 3.05) is 11.5 Å². The first-order chi connectivity index (χ1) is 8.49. The molecule has 3 nitrogen and oxygen atoms in total. The quantitative estimate of drug-likeness (QED) is 0.839. The minimum absolute atomic E-state index is 0.00598. The van der Waals surface area contributed by atoms with Gasteiger partial charge in [0, 0.05) is 0 Å². The lowest BCUT2D eigenvalue weighted by molar-refractivity contribution is 0.451. The molecule has 0 amide bonds. The van der Waals surface area contributed by atoms with Crippen molar-refractivity contribution in [1.82, 2.24) is 0 Å². The number of hydrogen-bond acceptors (Lipinski definition) is 3. The number of hydrogen-bond donors (Lipinski definition) is 0. The van der Waals surface area contributed by atoms with Crippen LogP contribution in [-0.2, 0) is 22.7 Å². The standard InChI is InChI=1S/C14H17NO2S/c1-2-12-3-5-13(6-4-12)9-14(10-15)7-8-18(16,17)11-14/h3-6H,2,7-9,11H2,1H3. The lowest BCUT2D eigenvalue weighted by atomic mass is 9.82. The fraction of sp³-hybridized carbons (Fsp3) is 0.500. The van der Waals surface area contributed by atoms with Gasteiger partial charge >= 0.3 is 0 Å². The molecule has 1 heterocycles. The lowest BCUT2D eigenvalue weighted by Crippen LogP contribution is -2.23. The van der Waals surface area contributed by atoms with Crippen LogP contribution in [0.1, 0.15) is 24.5 Å². The van der Waals surface area contributed by atoms with Crippen LogP contribution in [0, 0.1) is 16.7 Å². The van der Waals surface area contributed by atoms with Crippen molar-refractivity contribution in [2.45, 2.75) is 26.2 Å². The second-order valence-electron chi connectivity index (χ2n) is 5.08. The molecule has 0 N–H and O–H groups in total. The zero-order chi connectivity index (χ0) is 13.2. The van der Waals surface area contributed by atoms with Gasteiger partial charge in [-0.3, -0.25) is 0 Å². The molecule has 0 spiro atoms. The van der Waals surface area contributed by atoms with Crippen molar-refractivity contribution in [2.24, 2.45) is 5.41 Å². The van der Waals surface area contributed by atoms with E-state index in [0.29, 0.717) is 12.8 Å². The van der Waals surface area contributed by atoms with E-state index in [9.17, 15) is 13.7 Å². The van der Waals surface area contributed by atoms with Gasteiger partial charge < -0.3 is 0 Å². The van der Waals surface area contributed by atoms with Gasteiger partial charge in [-0.25, -0.2) is 8.42 Å². The van der Waals surface area contributed by atoms with Crippen LogP contribution in [0.15, 0.2) is 24.3 Å². The van der Waals surface area contributed by atoms with Crippen LogP contribution in [0.3, 0.4) is 0 Å². The Balaban J connectivity index is 2.19. The molecular weight excluding hydrogens is 246 g/mol. The van der Waals surface area contributed by atoms with Crippen LogP contribution in [0.5, 0.6) is 0 Å². The number of sulfone groups is 1. The topological polar surface area (TPSA) is 57.9 Å². The molecular formula is C14H17NO2S. The largest absolute Gasteiger partial charge is 0.229 e. The molecule has 1 saturated heterocycles. The van der Waals surface area contributed by atoms with Gasteiger partial charge in [-0.1, -0.05) is 31.2 Å². The van der Waals surface area contributed by atoms with Crippen molar-refractivity contribution in [1.29, 1.82) is 5.26 Å². The molecule has 0 aliphatic carbocycles. The molecule has 1 unspecified atom stereocenters. The Morgan fingerprint density at radius 1 is 1.28 bits per heavy atom. The molecule has 1 aromatic carbocycles. The van der Waals surface area contributed by atoms with Crippen molar-refractivity contribution >= 4 is 9.84 Å². The Labute approximate surface area is 108 Å². The van der Waals surface area contributed by atoms with Crippen LogP contribution < -0.4 is 0 Å². The number of rotatable bonds is 3. The first kappa shape index (κ1) is 13.1. The van der Waals surface area contributed by atoms with E-state index in [4.69, 9.17) is 0 Å². The SMILES string of the molecule is CCc1ccc(CC2(C#N)CCS(=O)(=O)C2)cc1. The Morgan fingerprint density at radius 2 is 1.89 bits per heavy atom. The smallest absolute Gasteiger partial charge is 0.151 e. The van der Waals surface area contributed by atoms with Crippen molar-refractivity contribution in [3.05, 3.63) is 35.4 Å². The van der Waals surface area contributed by atoms with Gasteiger partial charge in [0.15, 0.2) is 9.84 Å². The maximum Gasteiger partial charge on any atom is 0.151 e. The van der Waals surface area contributed by atoms with Gasteiger partial charge in [0.05, 0.1) is 23.0 Å². The Morgan fingerprint density at radius 3 is 2.33 bits per heavy atom. The average molecular weight is 263 g/mol. The minimum atomic E-state index is -3.02. The normalized spacial score (nSPS) is 25.8. The van der Waals surface area contributed by atoms with Gasteiger partial charge in [-0.2, -0.15) is 5.26 Å². The maximum atomic E-state index is 11.5. The third-order valence-electron chi connectivity index (χ3n) is 3.60. The van der Waals surface area contributed by atoms with Crippen molar-refractivity contribution in [3.63, 3.8) is 0 Å². The van der Waals surface area contributed by atoms with Crippen LogP contribution in [0.4, 0.5) is 0 Å². The zero-order valence-corrected chi connectivity index (χ0v) is 11.3. The van der Waals surface area contributed by atoms with E-state index < -0.39 is 15.3 Å². The molecule has 4 heteroatoms. The Kier molecular flexibility index (Phi) is 3.45. The molecule has 96 valence electrons. The summed E-state index contributed by atoms with van der Waals surface area (Å²) in [7, 11) is -3.02. The van der Waals surface area contributed by atoms with Crippen molar-refractivity contribution in [3.8, 4) is 6.07 Å². The Hall–Kier alpha value is -1.34. The number of benzene rings is 1. The second kappa shape index (κ2) is 4.74. The molecule has 0 bridgehead atoms. The van der Waals surface area contributed by atoms with E-state index in [1.807, 2.05) is 24.3 Å². The van der Waals surface area contributed by atoms with Gasteiger partial charge in [0.1, 0.15) is 0 Å². The molecule has 0 saturated carbocycles. The highest BCUT2D eigenvalue weighted by Gasteiger charge is 2.42. The molecule has 2 rings (SSSR count). The van der Waals surface area contributed by atoms with Gasteiger partial charge in [-0.15, -0.1) is 0 Å². The summed E-state index contributed by atoms with van der Waals surface area (Å²) >= 11 is 0. The lowest BCUT2D eigenvalue weighted by Gasteiger charge is -2.18. The van der Waals surface area contributed by atoms with Gasteiger partial charge in [0.2, 0.25) is 0 Å². The third kappa shape index (κ3) is 2.73. The highest BCUT2D eigenvalue weighted by molar-refractivity contribution is 7.91. The number of nitrogens with zero attached hydrogens (tertiary/aromatic N) is 1. The van der Waals surface area contributed by atoms with E-state index >= 15 is 0 Å². The maximum absolute atomic E-state index is 11.5. The fourth-order valence-corrected chi connectivity index (χ4v) is 4.47. The molecule has 1 fully saturated rings. The molecule has 1 aliphatic heterocycles. The predicted octanol–water partition coefficient (Wildman–Crippen LogP) is 2.12. The third-order valence-corrected chi connectivity index (χ3v) is 5.42. The second-order valence-corrected chi connectivity index (χ2v) is 7.27. The van der Waals surface area contributed by atoms with E-state index in [1.165, 1.54) is 5.56 Å². The minimum Gasteiger partial charge on any atom is -0.229 e. The molecule has 1 atom stereocenters. The average Bonchev–Trinajstić information content (AvgIpc) is 2.67. The summed E-state index contributed by atoms with van der Waals surface area (Å²) in [6.07, 6.45) is 1.98. The predicted molar refractivity (Wildman–Crippen MR) is 70.8 cm³/mol. The van der Waals surface area contributed by atoms with Crippen LogP contribution >= 0.6 is 0 Å². The molecule has 0 radical (unpaired) electrons. The first-order valence-corrected chi connectivity index (χ1v) is 8.00. The molecule has 18 heavy (non-hydrogen) atoms. The highest BCUT2D eigenvalue weighted by atomic mass is 32.2. The van der Waals surface area contributed by atoms with Crippen LogP contribution in [-0.4, -0.2) is 19.9 Å². The van der Waals surface area contributed by atoms with E-state index in [0.717, 1.165) is 12.0 Å². The summed E-state index contributed by atoms with van der Waals surface area (Å²) in [6, 6.07) is 10.3. The fourth-order valence-electron chi connectivity index (χ4n) is 2.47. The summed E-state index contributed by atoms with van der Waals surface area (Å²) in [6.45, 7) is 2.09. The molecule has 0 aromatic heterocycles. The van der Waals surface area contributed by atoms with Crippen molar-refractivity contribution < 1.29 is 8.42 Å². The van der Waals surface area contributed by atoms with Crippen LogP contribution in [0.2, 0.25) is 0 Å². The summed E-state index contributed by atoms with van der Waals surface area (Å²) < 4.78 is 23.1. The van der Waals surface area contributed by atoms with E-state index in [-0.39, 0.29) is 11.5 Å². The summed E-state index contributed by atoms with van der Waals surface area (Å²) in [5.74, 6) is 0.152.